The monoisotopic (exact) mass is 245 g/mol. The summed E-state index contributed by atoms with van der Waals surface area (Å²) in [4.78, 5) is 10.2. The summed E-state index contributed by atoms with van der Waals surface area (Å²) in [7, 11) is 0. The minimum absolute atomic E-state index is 0.0187. The molecule has 1 rings (SSSR count). The molecule has 0 aromatic heterocycles. The third-order valence-corrected chi connectivity index (χ3v) is 1.91. The molecule has 0 fully saturated rings. The predicted molar refractivity (Wildman–Crippen MR) is 57.1 cm³/mol. The van der Waals surface area contributed by atoms with Crippen molar-refractivity contribution in [1.82, 2.24) is 0 Å². The van der Waals surface area contributed by atoms with Crippen molar-refractivity contribution >= 4 is 17.7 Å². The van der Waals surface area contributed by atoms with Crippen LogP contribution in [0.3, 0.4) is 0 Å². The topological polar surface area (TPSA) is 63.3 Å². The summed E-state index contributed by atoms with van der Waals surface area (Å²) in [5.41, 5.74) is 4.69. The number of hydrogen-bond donors (Lipinski definition) is 2. The Morgan fingerprint density at radius 1 is 1.35 bits per heavy atom. The van der Waals surface area contributed by atoms with Gasteiger partial charge >= 0.3 is 12.1 Å². The van der Waals surface area contributed by atoms with Crippen LogP contribution in [0.5, 0.6) is 0 Å². The van der Waals surface area contributed by atoms with Crippen molar-refractivity contribution in [3.05, 3.63) is 35.4 Å². The number of hydrogen-bond acceptors (Lipinski definition) is 2. The number of nitrogens with two attached hydrogens (primary N) is 1. The van der Waals surface area contributed by atoms with Crippen LogP contribution in [0.15, 0.2) is 24.3 Å². The number of halogens is 3. The first kappa shape index (κ1) is 13.1. The zero-order chi connectivity index (χ0) is 13.1. The van der Waals surface area contributed by atoms with Crippen LogP contribution in [0.4, 0.5) is 18.9 Å². The number of anilines is 1. The molecule has 0 saturated carbocycles. The molecule has 1 aromatic rings. The summed E-state index contributed by atoms with van der Waals surface area (Å²) in [6.45, 7) is 0. The van der Waals surface area contributed by atoms with Crippen molar-refractivity contribution in [1.29, 1.82) is 0 Å². The van der Waals surface area contributed by atoms with Crippen LogP contribution in [0.2, 0.25) is 0 Å². The first-order chi connectivity index (χ1) is 7.79. The van der Waals surface area contributed by atoms with Gasteiger partial charge < -0.3 is 10.8 Å². The second kappa shape index (κ2) is 4.90. The average molecular weight is 245 g/mol. The molecule has 0 unspecified atom stereocenters. The zero-order valence-corrected chi connectivity index (χ0v) is 8.66. The molecule has 1 aromatic carbocycles. The Kier molecular flexibility index (Phi) is 3.77. The second-order valence-electron chi connectivity index (χ2n) is 3.39. The number of benzene rings is 1. The molecule has 0 spiro atoms. The van der Waals surface area contributed by atoms with E-state index in [1.807, 2.05) is 0 Å². The van der Waals surface area contributed by atoms with Crippen molar-refractivity contribution in [3.8, 4) is 0 Å². The van der Waals surface area contributed by atoms with E-state index in [1.165, 1.54) is 18.2 Å². The Labute approximate surface area is 95.4 Å². The molecular formula is C11H10F3NO2. The Balaban J connectivity index is 2.98. The molecule has 0 bridgehead atoms. The highest BCUT2D eigenvalue weighted by Crippen LogP contribution is 2.31. The van der Waals surface area contributed by atoms with Crippen LogP contribution in [-0.2, 0) is 11.0 Å². The predicted octanol–water partition coefficient (Wildman–Crippen LogP) is 2.78. The summed E-state index contributed by atoms with van der Waals surface area (Å²) >= 11 is 0. The molecule has 17 heavy (non-hydrogen) atoms. The van der Waals surface area contributed by atoms with Crippen LogP contribution in [0.25, 0.3) is 6.08 Å². The maximum Gasteiger partial charge on any atom is 0.416 e. The van der Waals surface area contributed by atoms with Crippen molar-refractivity contribution in [2.75, 3.05) is 5.73 Å². The van der Waals surface area contributed by atoms with E-state index in [1.54, 1.807) is 0 Å². The highest BCUT2D eigenvalue weighted by Gasteiger charge is 2.30. The van der Waals surface area contributed by atoms with E-state index in [2.05, 4.69) is 0 Å². The maximum atomic E-state index is 12.4. The average Bonchev–Trinajstić information content (AvgIpc) is 2.14. The van der Waals surface area contributed by atoms with Gasteiger partial charge in [0.25, 0.3) is 0 Å². The molecule has 0 heterocycles. The van der Waals surface area contributed by atoms with Gasteiger partial charge in [0.15, 0.2) is 0 Å². The second-order valence-corrected chi connectivity index (χ2v) is 3.39. The molecule has 0 aliphatic carbocycles. The van der Waals surface area contributed by atoms with E-state index in [4.69, 9.17) is 10.8 Å². The third kappa shape index (κ3) is 4.18. The number of alkyl halides is 3. The fraction of sp³-hybridized carbons (Fsp3) is 0.182. The molecule has 0 amide bonds. The number of aliphatic carboxylic acids is 1. The van der Waals surface area contributed by atoms with E-state index in [0.717, 1.165) is 12.1 Å². The molecule has 0 atom stereocenters. The van der Waals surface area contributed by atoms with Gasteiger partial charge in [-0.25, -0.2) is 0 Å². The Bertz CT molecular complexity index is 453. The van der Waals surface area contributed by atoms with Gasteiger partial charge in [-0.15, -0.1) is 0 Å². The molecule has 0 aliphatic rings. The molecule has 0 aliphatic heterocycles. The summed E-state index contributed by atoms with van der Waals surface area (Å²) in [6.07, 6.45) is -2.17. The Morgan fingerprint density at radius 3 is 2.53 bits per heavy atom. The van der Waals surface area contributed by atoms with Gasteiger partial charge in [-0.1, -0.05) is 12.2 Å². The molecule has 0 saturated heterocycles. The Morgan fingerprint density at radius 2 is 2.00 bits per heavy atom. The van der Waals surface area contributed by atoms with E-state index in [9.17, 15) is 18.0 Å². The van der Waals surface area contributed by atoms with Crippen LogP contribution in [0, 0.1) is 0 Å². The van der Waals surface area contributed by atoms with Gasteiger partial charge in [0.1, 0.15) is 0 Å². The standard InChI is InChI=1S/C11H10F3NO2/c12-11(13,14)8-4-7(5-9(15)6-8)2-1-3-10(16)17/h1-2,4-6H,3,15H2,(H,16,17). The lowest BCUT2D eigenvalue weighted by Crippen LogP contribution is -2.06. The number of carboxylic acids is 1. The maximum absolute atomic E-state index is 12.4. The number of rotatable bonds is 3. The summed E-state index contributed by atoms with van der Waals surface area (Å²) in [6, 6.07) is 3.08. The third-order valence-electron chi connectivity index (χ3n) is 1.91. The highest BCUT2D eigenvalue weighted by molar-refractivity contribution is 5.70. The van der Waals surface area contributed by atoms with Crippen LogP contribution in [0.1, 0.15) is 17.5 Å². The normalized spacial score (nSPS) is 11.9. The molecule has 0 radical (unpaired) electrons. The van der Waals surface area contributed by atoms with Crippen molar-refractivity contribution in [2.45, 2.75) is 12.6 Å². The van der Waals surface area contributed by atoms with Gasteiger partial charge in [-0.2, -0.15) is 13.2 Å². The quantitative estimate of drug-likeness (QED) is 0.805. The van der Waals surface area contributed by atoms with Gasteiger partial charge in [0, 0.05) is 5.69 Å². The zero-order valence-electron chi connectivity index (χ0n) is 8.66. The minimum atomic E-state index is -4.47. The lowest BCUT2D eigenvalue weighted by Gasteiger charge is -2.08. The Hall–Kier alpha value is -1.98. The van der Waals surface area contributed by atoms with Gasteiger partial charge in [0.2, 0.25) is 0 Å². The largest absolute Gasteiger partial charge is 0.481 e. The smallest absolute Gasteiger partial charge is 0.416 e. The summed E-state index contributed by atoms with van der Waals surface area (Å²) in [5, 5.41) is 8.37. The lowest BCUT2D eigenvalue weighted by molar-refractivity contribution is -0.138. The molecule has 6 heteroatoms. The lowest BCUT2D eigenvalue weighted by atomic mass is 10.1. The molecule has 92 valence electrons. The molecular weight excluding hydrogens is 235 g/mol. The van der Waals surface area contributed by atoms with Crippen LogP contribution < -0.4 is 5.73 Å². The van der Waals surface area contributed by atoms with Crippen LogP contribution in [-0.4, -0.2) is 11.1 Å². The van der Waals surface area contributed by atoms with Gasteiger partial charge in [-0.05, 0) is 23.8 Å². The van der Waals surface area contributed by atoms with Crippen LogP contribution >= 0.6 is 0 Å². The summed E-state index contributed by atoms with van der Waals surface area (Å²) < 4.78 is 37.3. The van der Waals surface area contributed by atoms with Gasteiger partial charge in [0.05, 0.1) is 12.0 Å². The highest BCUT2D eigenvalue weighted by atomic mass is 19.4. The van der Waals surface area contributed by atoms with Crippen molar-refractivity contribution in [3.63, 3.8) is 0 Å². The first-order valence-corrected chi connectivity index (χ1v) is 4.65. The van der Waals surface area contributed by atoms with E-state index >= 15 is 0 Å². The number of nitrogen functional groups attached to an aromatic ring is 1. The summed E-state index contributed by atoms with van der Waals surface area (Å²) in [5.74, 6) is -1.05. The van der Waals surface area contributed by atoms with E-state index < -0.39 is 17.7 Å². The molecule has 3 N–H and O–H groups in total. The van der Waals surface area contributed by atoms with Crippen molar-refractivity contribution < 1.29 is 23.1 Å². The SMILES string of the molecule is Nc1cc(C=CCC(=O)O)cc(C(F)(F)F)c1. The van der Waals surface area contributed by atoms with E-state index in [-0.39, 0.29) is 17.7 Å². The number of carbonyl (C=O) groups is 1. The molecule has 3 nitrogen and oxygen atoms in total. The fourth-order valence-corrected chi connectivity index (χ4v) is 1.23. The van der Waals surface area contributed by atoms with E-state index in [0.29, 0.717) is 0 Å². The minimum Gasteiger partial charge on any atom is -0.481 e. The number of carboxylic acid groups (broad SMARTS) is 1. The van der Waals surface area contributed by atoms with Gasteiger partial charge in [-0.3, -0.25) is 4.79 Å². The first-order valence-electron chi connectivity index (χ1n) is 4.65. The fourth-order valence-electron chi connectivity index (χ4n) is 1.23. The van der Waals surface area contributed by atoms with Crippen molar-refractivity contribution in [2.24, 2.45) is 0 Å².